The highest BCUT2D eigenvalue weighted by Crippen LogP contribution is 2.37. The number of rotatable bonds is 2. The van der Waals surface area contributed by atoms with Gasteiger partial charge in [0.2, 0.25) is 0 Å². The number of benzene rings is 2. The molecule has 1 atom stereocenters. The molecule has 122 valence electrons. The van der Waals surface area contributed by atoms with E-state index in [9.17, 15) is 10.1 Å². The van der Waals surface area contributed by atoms with Gasteiger partial charge in [0.1, 0.15) is 5.69 Å². The molecular formula is C18H17N3O3. The van der Waals surface area contributed by atoms with E-state index in [2.05, 4.69) is 4.90 Å². The second kappa shape index (κ2) is 6.05. The van der Waals surface area contributed by atoms with Crippen molar-refractivity contribution < 1.29 is 9.66 Å². The number of fused-ring (bicyclic) bond motifs is 3. The average Bonchev–Trinajstić information content (AvgIpc) is 2.79. The summed E-state index contributed by atoms with van der Waals surface area (Å²) in [6.45, 7) is 2.32. The van der Waals surface area contributed by atoms with Gasteiger partial charge in [0, 0.05) is 23.7 Å². The number of nitrogens with zero attached hydrogens (tertiary/aromatic N) is 3. The molecule has 0 aliphatic carbocycles. The van der Waals surface area contributed by atoms with E-state index in [0.29, 0.717) is 32.0 Å². The topological polar surface area (TPSA) is 68.0 Å². The number of morpholine rings is 1. The van der Waals surface area contributed by atoms with Crippen LogP contribution in [-0.2, 0) is 4.74 Å². The number of para-hydroxylation sites is 1. The van der Waals surface area contributed by atoms with E-state index in [-0.39, 0.29) is 16.7 Å². The van der Waals surface area contributed by atoms with Gasteiger partial charge in [-0.2, -0.15) is 0 Å². The Balaban J connectivity index is 1.94. The summed E-state index contributed by atoms with van der Waals surface area (Å²) in [5.41, 5.74) is 3.39. The Labute approximate surface area is 139 Å². The van der Waals surface area contributed by atoms with Crippen molar-refractivity contribution in [2.75, 3.05) is 31.2 Å². The van der Waals surface area contributed by atoms with Gasteiger partial charge in [-0.15, -0.1) is 0 Å². The summed E-state index contributed by atoms with van der Waals surface area (Å²) in [5, 5.41) is 11.6. The Morgan fingerprint density at radius 2 is 2.00 bits per heavy atom. The van der Waals surface area contributed by atoms with E-state index in [0.717, 1.165) is 16.8 Å². The summed E-state index contributed by atoms with van der Waals surface area (Å²) in [4.78, 5) is 18.2. The van der Waals surface area contributed by atoms with Crippen molar-refractivity contribution >= 4 is 17.1 Å². The summed E-state index contributed by atoms with van der Waals surface area (Å²) in [6.07, 6.45) is 0. The molecule has 1 saturated heterocycles. The third-order valence-electron chi connectivity index (χ3n) is 4.49. The lowest BCUT2D eigenvalue weighted by molar-refractivity contribution is -0.384. The average molecular weight is 323 g/mol. The van der Waals surface area contributed by atoms with Gasteiger partial charge in [-0.05, 0) is 0 Å². The molecule has 0 spiro atoms. The minimum absolute atomic E-state index is 0.0276. The van der Waals surface area contributed by atoms with Gasteiger partial charge in [0.05, 0.1) is 36.4 Å². The molecule has 2 aliphatic heterocycles. The van der Waals surface area contributed by atoms with Gasteiger partial charge >= 0.3 is 0 Å². The van der Waals surface area contributed by atoms with Gasteiger partial charge in [-0.3, -0.25) is 15.1 Å². The molecule has 0 bridgehead atoms. The number of nitro benzene ring substituents is 1. The SMILES string of the molecule is O=[N+]([O-])c1cccc2c1N1CCOCC1CN=C2c1ccccc1. The first kappa shape index (κ1) is 14.8. The number of hydrogen-bond acceptors (Lipinski definition) is 5. The zero-order valence-corrected chi connectivity index (χ0v) is 13.1. The maximum atomic E-state index is 11.6. The van der Waals surface area contributed by atoms with Crippen molar-refractivity contribution in [2.45, 2.75) is 6.04 Å². The van der Waals surface area contributed by atoms with Crippen LogP contribution in [-0.4, -0.2) is 43.0 Å². The lowest BCUT2D eigenvalue weighted by Gasteiger charge is -2.35. The van der Waals surface area contributed by atoms with Crippen LogP contribution in [0.5, 0.6) is 0 Å². The molecular weight excluding hydrogens is 306 g/mol. The van der Waals surface area contributed by atoms with Crippen molar-refractivity contribution in [1.29, 1.82) is 0 Å². The summed E-state index contributed by atoms with van der Waals surface area (Å²) < 4.78 is 5.57. The lowest BCUT2D eigenvalue weighted by atomic mass is 9.99. The molecule has 1 unspecified atom stereocenters. The lowest BCUT2D eigenvalue weighted by Crippen LogP contribution is -2.47. The smallest absolute Gasteiger partial charge is 0.293 e. The van der Waals surface area contributed by atoms with Gasteiger partial charge < -0.3 is 9.64 Å². The number of ether oxygens (including phenoxy) is 1. The fourth-order valence-corrected chi connectivity index (χ4v) is 3.40. The molecule has 6 nitrogen and oxygen atoms in total. The Morgan fingerprint density at radius 1 is 1.17 bits per heavy atom. The Hall–Kier alpha value is -2.73. The highest BCUT2D eigenvalue weighted by Gasteiger charge is 2.34. The van der Waals surface area contributed by atoms with Crippen LogP contribution in [0.15, 0.2) is 53.5 Å². The van der Waals surface area contributed by atoms with Crippen LogP contribution in [0, 0.1) is 10.1 Å². The van der Waals surface area contributed by atoms with Crippen LogP contribution in [0.2, 0.25) is 0 Å². The summed E-state index contributed by atoms with van der Waals surface area (Å²) in [5.74, 6) is 0. The first-order valence-electron chi connectivity index (χ1n) is 7.98. The quantitative estimate of drug-likeness (QED) is 0.629. The van der Waals surface area contributed by atoms with E-state index >= 15 is 0 Å². The Morgan fingerprint density at radius 3 is 2.79 bits per heavy atom. The standard InChI is InChI=1S/C18H17N3O3/c22-21(23)16-8-4-7-15-17(13-5-2-1-3-6-13)19-11-14-12-24-10-9-20(14)18(15)16/h1-8,14H,9-12H2. The maximum Gasteiger partial charge on any atom is 0.293 e. The van der Waals surface area contributed by atoms with E-state index in [1.807, 2.05) is 36.4 Å². The van der Waals surface area contributed by atoms with Gasteiger partial charge in [-0.1, -0.05) is 42.5 Å². The molecule has 2 aliphatic rings. The Bertz CT molecular complexity index is 804. The molecule has 2 aromatic carbocycles. The minimum atomic E-state index is -0.306. The molecule has 0 aromatic heterocycles. The molecule has 0 saturated carbocycles. The van der Waals surface area contributed by atoms with Crippen LogP contribution in [0.25, 0.3) is 0 Å². The van der Waals surface area contributed by atoms with Crippen LogP contribution < -0.4 is 4.90 Å². The fourth-order valence-electron chi connectivity index (χ4n) is 3.40. The second-order valence-corrected chi connectivity index (χ2v) is 5.91. The molecule has 4 rings (SSSR count). The molecule has 0 N–H and O–H groups in total. The van der Waals surface area contributed by atoms with Crippen LogP contribution in [0.4, 0.5) is 11.4 Å². The molecule has 0 amide bonds. The molecule has 6 heteroatoms. The normalized spacial score (nSPS) is 19.8. The zero-order chi connectivity index (χ0) is 16.5. The van der Waals surface area contributed by atoms with E-state index in [4.69, 9.17) is 9.73 Å². The second-order valence-electron chi connectivity index (χ2n) is 5.91. The maximum absolute atomic E-state index is 11.6. The van der Waals surface area contributed by atoms with Gasteiger partial charge in [0.25, 0.3) is 5.69 Å². The molecule has 2 heterocycles. The van der Waals surface area contributed by atoms with Crippen molar-refractivity contribution in [3.8, 4) is 0 Å². The van der Waals surface area contributed by atoms with Crippen LogP contribution >= 0.6 is 0 Å². The first-order chi connectivity index (χ1) is 11.8. The minimum Gasteiger partial charge on any atom is -0.377 e. The predicted octanol–water partition coefficient (Wildman–Crippen LogP) is 2.65. The molecule has 24 heavy (non-hydrogen) atoms. The van der Waals surface area contributed by atoms with Crippen molar-refractivity contribution in [3.05, 3.63) is 69.8 Å². The fraction of sp³-hybridized carbons (Fsp3) is 0.278. The van der Waals surface area contributed by atoms with Crippen molar-refractivity contribution in [1.82, 2.24) is 0 Å². The number of nitro groups is 1. The summed E-state index contributed by atoms with van der Waals surface area (Å²) in [6, 6.07) is 15.1. The van der Waals surface area contributed by atoms with E-state index in [1.54, 1.807) is 12.1 Å². The van der Waals surface area contributed by atoms with Gasteiger partial charge in [-0.25, -0.2) is 0 Å². The molecule has 2 aromatic rings. The predicted molar refractivity (Wildman–Crippen MR) is 92.0 cm³/mol. The van der Waals surface area contributed by atoms with Crippen LogP contribution in [0.1, 0.15) is 11.1 Å². The largest absolute Gasteiger partial charge is 0.377 e. The number of aliphatic imine (C=N–C) groups is 1. The first-order valence-corrected chi connectivity index (χ1v) is 7.98. The zero-order valence-electron chi connectivity index (χ0n) is 13.1. The Kier molecular flexibility index (Phi) is 3.74. The van der Waals surface area contributed by atoms with Crippen molar-refractivity contribution in [3.63, 3.8) is 0 Å². The van der Waals surface area contributed by atoms with Crippen molar-refractivity contribution in [2.24, 2.45) is 4.99 Å². The number of hydrogen-bond donors (Lipinski definition) is 0. The van der Waals surface area contributed by atoms with E-state index < -0.39 is 0 Å². The highest BCUT2D eigenvalue weighted by molar-refractivity contribution is 6.17. The van der Waals surface area contributed by atoms with E-state index in [1.165, 1.54) is 0 Å². The monoisotopic (exact) mass is 323 g/mol. The summed E-state index contributed by atoms with van der Waals surface area (Å²) >= 11 is 0. The molecule has 0 radical (unpaired) electrons. The third kappa shape index (κ3) is 2.45. The highest BCUT2D eigenvalue weighted by atomic mass is 16.6. The summed E-state index contributed by atoms with van der Waals surface area (Å²) in [7, 11) is 0. The number of anilines is 1. The third-order valence-corrected chi connectivity index (χ3v) is 4.49. The molecule has 1 fully saturated rings. The van der Waals surface area contributed by atoms with Gasteiger partial charge in [0.15, 0.2) is 0 Å². The van der Waals surface area contributed by atoms with Crippen LogP contribution in [0.3, 0.4) is 0 Å².